The lowest BCUT2D eigenvalue weighted by Gasteiger charge is -2.18. The summed E-state index contributed by atoms with van der Waals surface area (Å²) in [6.07, 6.45) is 4.45. The van der Waals surface area contributed by atoms with Gasteiger partial charge in [0.1, 0.15) is 12.1 Å². The smallest absolute Gasteiger partial charge is 0.139 e. The molecule has 3 aromatic rings. The zero-order chi connectivity index (χ0) is 20.2. The van der Waals surface area contributed by atoms with E-state index in [4.69, 9.17) is 0 Å². The average Bonchev–Trinajstić information content (AvgIpc) is 2.70. The van der Waals surface area contributed by atoms with Crippen LogP contribution in [0, 0.1) is 6.92 Å². The molecule has 0 N–H and O–H groups in total. The van der Waals surface area contributed by atoms with E-state index in [-0.39, 0.29) is 0 Å². The van der Waals surface area contributed by atoms with Gasteiger partial charge in [-0.1, -0.05) is 25.5 Å². The molecule has 1 aromatic carbocycles. The normalized spacial score (nSPS) is 9.56. The third kappa shape index (κ3) is 6.15. The fraction of sp³-hybridized carbons (Fsp3) is 0.318. The van der Waals surface area contributed by atoms with Crippen molar-refractivity contribution in [2.75, 3.05) is 32.7 Å². The highest BCUT2D eigenvalue weighted by Crippen LogP contribution is 2.31. The molecule has 2 heterocycles. The van der Waals surface area contributed by atoms with E-state index < -0.39 is 0 Å². The van der Waals surface area contributed by atoms with Crippen LogP contribution in [0.4, 0.5) is 5.82 Å². The van der Waals surface area contributed by atoms with Gasteiger partial charge < -0.3 is 14.4 Å². The molecule has 0 unspecified atom stereocenters. The van der Waals surface area contributed by atoms with Gasteiger partial charge in [0.2, 0.25) is 0 Å². The quantitative estimate of drug-likeness (QED) is 0.634. The highest BCUT2D eigenvalue weighted by Gasteiger charge is 2.10. The molecule has 3 rings (SSSR count). The van der Waals surface area contributed by atoms with Gasteiger partial charge in [0, 0.05) is 39.0 Å². The number of aldehydes is 1. The molecule has 0 amide bonds. The number of hydrogen-bond acceptors (Lipinski definition) is 5. The molecule has 0 spiro atoms. The first-order valence-corrected chi connectivity index (χ1v) is 8.97. The van der Waals surface area contributed by atoms with Crippen molar-refractivity contribution in [1.82, 2.24) is 9.97 Å². The fourth-order valence-corrected chi connectivity index (χ4v) is 2.50. The zero-order valence-electron chi connectivity index (χ0n) is 17.1. The Morgan fingerprint density at radius 1 is 1.07 bits per heavy atom. The van der Waals surface area contributed by atoms with Crippen molar-refractivity contribution in [2.45, 2.75) is 20.8 Å². The lowest BCUT2D eigenvalue weighted by molar-refractivity contribution is -0.106. The third-order valence-electron chi connectivity index (χ3n) is 3.68. The number of hydrogen-bond donors (Lipinski definition) is 0. The summed E-state index contributed by atoms with van der Waals surface area (Å²) in [5, 5.41) is 1.11. The van der Waals surface area contributed by atoms with E-state index in [0.717, 1.165) is 34.1 Å². The van der Waals surface area contributed by atoms with Gasteiger partial charge in [0.15, 0.2) is 0 Å². The number of pyridine rings is 2. The first-order valence-electron chi connectivity index (χ1n) is 8.97. The van der Waals surface area contributed by atoms with Crippen molar-refractivity contribution in [2.24, 2.45) is 0 Å². The van der Waals surface area contributed by atoms with Crippen LogP contribution >= 0.6 is 0 Å². The van der Waals surface area contributed by atoms with E-state index in [2.05, 4.69) is 33.8 Å². The van der Waals surface area contributed by atoms with Crippen molar-refractivity contribution in [3.05, 3.63) is 54.4 Å². The number of methoxy groups -OCH3 is 1. The minimum Gasteiger partial charge on any atom is -0.388 e. The Bertz CT molecular complexity index is 836. The second-order valence-electron chi connectivity index (χ2n) is 5.74. The lowest BCUT2D eigenvalue weighted by Crippen LogP contribution is -2.20. The standard InChI is InChI=1S/C18H17N3O.C2H6O.C2H6/c1-13-3-4-17-16(11-13)15(14-5-7-19-8-6-14)12-18(20-17)21(2)9-10-22;1-3-2;1-2/h3-8,10-12H,9H2,1-2H3;1-2H3;1-2H3. The summed E-state index contributed by atoms with van der Waals surface area (Å²) in [6.45, 7) is 6.39. The number of carbonyl (C=O) groups is 1. The fourth-order valence-electron chi connectivity index (χ4n) is 2.50. The van der Waals surface area contributed by atoms with Gasteiger partial charge in [-0.25, -0.2) is 4.98 Å². The van der Waals surface area contributed by atoms with Crippen LogP contribution in [-0.4, -0.2) is 44.1 Å². The topological polar surface area (TPSA) is 55.3 Å². The predicted molar refractivity (Wildman–Crippen MR) is 113 cm³/mol. The van der Waals surface area contributed by atoms with Crippen LogP contribution in [0.3, 0.4) is 0 Å². The Kier molecular flexibility index (Phi) is 9.69. The van der Waals surface area contributed by atoms with E-state index in [1.165, 1.54) is 5.56 Å². The highest BCUT2D eigenvalue weighted by atomic mass is 16.4. The Morgan fingerprint density at radius 3 is 2.30 bits per heavy atom. The number of ether oxygens (including phenoxy) is 1. The van der Waals surface area contributed by atoms with Crippen molar-refractivity contribution in [3.8, 4) is 11.1 Å². The van der Waals surface area contributed by atoms with Crippen LogP contribution in [0.25, 0.3) is 22.0 Å². The van der Waals surface area contributed by atoms with Gasteiger partial charge in [-0.15, -0.1) is 0 Å². The van der Waals surface area contributed by atoms with Gasteiger partial charge in [-0.2, -0.15) is 0 Å². The summed E-state index contributed by atoms with van der Waals surface area (Å²) >= 11 is 0. The number of aryl methyl sites for hydroxylation is 1. The molecule has 0 aliphatic heterocycles. The van der Waals surface area contributed by atoms with E-state index in [1.54, 1.807) is 26.6 Å². The molecule has 0 fully saturated rings. The molecule has 27 heavy (non-hydrogen) atoms. The first-order chi connectivity index (χ1) is 13.1. The van der Waals surface area contributed by atoms with Crippen molar-refractivity contribution in [3.63, 3.8) is 0 Å². The summed E-state index contributed by atoms with van der Waals surface area (Å²) in [7, 11) is 5.12. The molecule has 0 saturated carbocycles. The van der Waals surface area contributed by atoms with Crippen LogP contribution < -0.4 is 4.90 Å². The number of likely N-dealkylation sites (N-methyl/N-ethyl adjacent to an activating group) is 1. The molecule has 5 nitrogen and oxygen atoms in total. The number of benzene rings is 1. The van der Waals surface area contributed by atoms with Gasteiger partial charge in [0.05, 0.1) is 12.1 Å². The molecule has 5 heteroatoms. The summed E-state index contributed by atoms with van der Waals surface area (Å²) in [4.78, 5) is 21.4. The zero-order valence-corrected chi connectivity index (χ0v) is 17.1. The number of fused-ring (bicyclic) bond motifs is 1. The number of carbonyl (C=O) groups excluding carboxylic acids is 1. The third-order valence-corrected chi connectivity index (χ3v) is 3.68. The second-order valence-corrected chi connectivity index (χ2v) is 5.74. The van der Waals surface area contributed by atoms with E-state index in [0.29, 0.717) is 6.54 Å². The molecule has 0 aliphatic rings. The molecule has 0 radical (unpaired) electrons. The molecule has 0 bridgehead atoms. The van der Waals surface area contributed by atoms with Crippen LogP contribution in [-0.2, 0) is 9.53 Å². The van der Waals surface area contributed by atoms with Crippen molar-refractivity contribution in [1.29, 1.82) is 0 Å². The molecule has 0 atom stereocenters. The second kappa shape index (κ2) is 11.8. The highest BCUT2D eigenvalue weighted by molar-refractivity contribution is 5.96. The Balaban J connectivity index is 0.000000665. The molecular weight excluding hydrogens is 338 g/mol. The number of anilines is 1. The van der Waals surface area contributed by atoms with E-state index in [9.17, 15) is 4.79 Å². The number of rotatable bonds is 4. The maximum Gasteiger partial charge on any atom is 0.139 e. The molecule has 144 valence electrons. The van der Waals surface area contributed by atoms with Gasteiger partial charge in [-0.05, 0) is 48.4 Å². The van der Waals surface area contributed by atoms with Crippen LogP contribution in [0.5, 0.6) is 0 Å². The average molecular weight is 367 g/mol. The first kappa shape index (κ1) is 22.3. The summed E-state index contributed by atoms with van der Waals surface area (Å²) in [6, 6.07) is 12.2. The lowest BCUT2D eigenvalue weighted by atomic mass is 10.0. The molecular formula is C22H29N3O2. The Hall–Kier alpha value is -2.79. The van der Waals surface area contributed by atoms with Gasteiger partial charge in [-0.3, -0.25) is 4.98 Å². The monoisotopic (exact) mass is 367 g/mol. The SMILES string of the molecule is CC.COC.Cc1ccc2nc(N(C)CC=O)cc(-c3ccncc3)c2c1. The minimum absolute atomic E-state index is 0.320. The van der Waals surface area contributed by atoms with Crippen molar-refractivity contribution >= 4 is 23.0 Å². The molecule has 2 aromatic heterocycles. The summed E-state index contributed by atoms with van der Waals surface area (Å²) in [5.74, 6) is 0.787. The predicted octanol–water partition coefficient (Wildman–Crippen LogP) is 4.53. The van der Waals surface area contributed by atoms with Gasteiger partial charge >= 0.3 is 0 Å². The number of aromatic nitrogens is 2. The van der Waals surface area contributed by atoms with Crippen LogP contribution in [0.15, 0.2) is 48.8 Å². The summed E-state index contributed by atoms with van der Waals surface area (Å²) < 4.78 is 4.25. The maximum absolute atomic E-state index is 10.8. The van der Waals surface area contributed by atoms with Gasteiger partial charge in [0.25, 0.3) is 0 Å². The Morgan fingerprint density at radius 2 is 1.70 bits per heavy atom. The number of nitrogens with zero attached hydrogens (tertiary/aromatic N) is 3. The molecule has 0 aliphatic carbocycles. The Labute approximate surface area is 162 Å². The molecule has 0 saturated heterocycles. The minimum atomic E-state index is 0.320. The summed E-state index contributed by atoms with van der Waals surface area (Å²) in [5.41, 5.74) is 4.31. The maximum atomic E-state index is 10.8. The largest absolute Gasteiger partial charge is 0.388 e. The van der Waals surface area contributed by atoms with E-state index >= 15 is 0 Å². The van der Waals surface area contributed by atoms with Crippen LogP contribution in [0.1, 0.15) is 19.4 Å². The van der Waals surface area contributed by atoms with Crippen molar-refractivity contribution < 1.29 is 9.53 Å². The van der Waals surface area contributed by atoms with Crippen LogP contribution in [0.2, 0.25) is 0 Å². The van der Waals surface area contributed by atoms with E-state index in [1.807, 2.05) is 50.1 Å².